The van der Waals surface area contributed by atoms with Crippen LogP contribution in [-0.2, 0) is 0 Å². The van der Waals surface area contributed by atoms with Gasteiger partial charge in [0.15, 0.2) is 0 Å². The van der Waals surface area contributed by atoms with Crippen LogP contribution in [0.4, 0.5) is 0 Å². The highest BCUT2D eigenvalue weighted by molar-refractivity contribution is 5.85. The van der Waals surface area contributed by atoms with E-state index in [0.717, 1.165) is 6.54 Å². The Labute approximate surface area is 93.0 Å². The lowest BCUT2D eigenvalue weighted by Crippen LogP contribution is -2.57. The molecule has 0 aromatic carbocycles. The second-order valence-electron chi connectivity index (χ2n) is 4.00. The highest BCUT2D eigenvalue weighted by Gasteiger charge is 2.32. The van der Waals surface area contributed by atoms with Crippen molar-refractivity contribution in [3.63, 3.8) is 0 Å². The van der Waals surface area contributed by atoms with Crippen molar-refractivity contribution in [1.82, 2.24) is 10.9 Å². The Bertz CT molecular complexity index is 110. The quantitative estimate of drug-likeness (QED) is 0.664. The Morgan fingerprint density at radius 3 is 1.92 bits per heavy atom. The van der Waals surface area contributed by atoms with Crippen LogP contribution in [0.15, 0.2) is 0 Å². The molecule has 1 aliphatic carbocycles. The molecule has 2 rings (SSSR count). The van der Waals surface area contributed by atoms with Crippen molar-refractivity contribution >= 4 is 24.8 Å². The van der Waals surface area contributed by atoms with Crippen LogP contribution in [-0.4, -0.2) is 12.1 Å². The molecule has 1 heterocycles. The van der Waals surface area contributed by atoms with Gasteiger partial charge in [-0.1, -0.05) is 19.3 Å². The summed E-state index contributed by atoms with van der Waals surface area (Å²) < 4.78 is 0. The zero-order valence-corrected chi connectivity index (χ0v) is 9.61. The smallest absolute Gasteiger partial charge is 0.0324 e. The van der Waals surface area contributed by atoms with E-state index in [-0.39, 0.29) is 24.8 Å². The van der Waals surface area contributed by atoms with Gasteiger partial charge in [-0.05, 0) is 25.7 Å². The van der Waals surface area contributed by atoms with Gasteiger partial charge in [-0.15, -0.1) is 24.8 Å². The second kappa shape index (κ2) is 6.07. The third kappa shape index (κ3) is 3.28. The first-order valence-corrected chi connectivity index (χ1v) is 4.91. The average Bonchev–Trinajstić information content (AvgIpc) is 2.07. The molecule has 2 N–H and O–H groups in total. The van der Waals surface area contributed by atoms with E-state index >= 15 is 0 Å². The van der Waals surface area contributed by atoms with E-state index < -0.39 is 0 Å². The molecule has 2 fully saturated rings. The van der Waals surface area contributed by atoms with Crippen molar-refractivity contribution in [2.75, 3.05) is 6.54 Å². The van der Waals surface area contributed by atoms with Crippen LogP contribution in [0.2, 0.25) is 0 Å². The number of nitrogens with one attached hydrogen (secondary N) is 2. The molecule has 0 radical (unpaired) electrons. The number of hydrazine groups is 1. The summed E-state index contributed by atoms with van der Waals surface area (Å²) in [6.45, 7) is 1.15. The largest absolute Gasteiger partial charge is 0.257 e. The third-order valence-electron chi connectivity index (χ3n) is 3.12. The Hall–Kier alpha value is 0.500. The van der Waals surface area contributed by atoms with Gasteiger partial charge in [0.2, 0.25) is 0 Å². The van der Waals surface area contributed by atoms with Gasteiger partial charge in [0.1, 0.15) is 0 Å². The molecular formula is C9H20Cl2N2. The summed E-state index contributed by atoms with van der Waals surface area (Å²) >= 11 is 0. The summed E-state index contributed by atoms with van der Waals surface area (Å²) in [7, 11) is 0. The summed E-state index contributed by atoms with van der Waals surface area (Å²) in [5, 5.41) is 0. The lowest BCUT2D eigenvalue weighted by Gasteiger charge is -2.41. The van der Waals surface area contributed by atoms with Gasteiger partial charge in [0.05, 0.1) is 0 Å². The minimum absolute atomic E-state index is 0. The van der Waals surface area contributed by atoms with Gasteiger partial charge in [-0.3, -0.25) is 10.9 Å². The fourth-order valence-corrected chi connectivity index (χ4v) is 2.43. The summed E-state index contributed by atoms with van der Waals surface area (Å²) in [4.78, 5) is 0. The van der Waals surface area contributed by atoms with E-state index in [9.17, 15) is 0 Å². The summed E-state index contributed by atoms with van der Waals surface area (Å²) in [6, 6.07) is 0. The molecule has 2 aliphatic rings. The van der Waals surface area contributed by atoms with Crippen LogP contribution in [0, 0.1) is 0 Å². The number of rotatable bonds is 0. The molecule has 0 aromatic rings. The van der Waals surface area contributed by atoms with Gasteiger partial charge in [0.25, 0.3) is 0 Å². The molecule has 80 valence electrons. The Morgan fingerprint density at radius 2 is 1.38 bits per heavy atom. The predicted molar refractivity (Wildman–Crippen MR) is 60.7 cm³/mol. The highest BCUT2D eigenvalue weighted by atomic mass is 35.5. The van der Waals surface area contributed by atoms with Gasteiger partial charge in [-0.25, -0.2) is 0 Å². The van der Waals surface area contributed by atoms with E-state index in [0.29, 0.717) is 5.54 Å². The zero-order chi connectivity index (χ0) is 7.57. The molecule has 0 atom stereocenters. The van der Waals surface area contributed by atoms with Gasteiger partial charge >= 0.3 is 0 Å². The van der Waals surface area contributed by atoms with Gasteiger partial charge < -0.3 is 0 Å². The normalized spacial score (nSPS) is 25.8. The molecule has 13 heavy (non-hydrogen) atoms. The molecule has 4 heteroatoms. The molecule has 1 saturated heterocycles. The van der Waals surface area contributed by atoms with Crippen molar-refractivity contribution < 1.29 is 0 Å². The maximum absolute atomic E-state index is 3.48. The topological polar surface area (TPSA) is 24.1 Å². The lowest BCUT2D eigenvalue weighted by atomic mass is 9.78. The first-order valence-electron chi connectivity index (χ1n) is 4.91. The molecule has 1 spiro atoms. The summed E-state index contributed by atoms with van der Waals surface area (Å²) in [5.74, 6) is 0. The van der Waals surface area contributed by atoms with Gasteiger partial charge in [0, 0.05) is 12.1 Å². The fourth-order valence-electron chi connectivity index (χ4n) is 2.43. The maximum atomic E-state index is 3.48. The minimum Gasteiger partial charge on any atom is -0.257 e. The number of hydrogen-bond acceptors (Lipinski definition) is 2. The van der Waals surface area contributed by atoms with E-state index in [1.807, 2.05) is 0 Å². The first-order chi connectivity index (χ1) is 5.41. The summed E-state index contributed by atoms with van der Waals surface area (Å²) in [6.07, 6.45) is 9.82. The fraction of sp³-hybridized carbons (Fsp3) is 1.00. The van der Waals surface area contributed by atoms with Crippen molar-refractivity contribution in [3.8, 4) is 0 Å². The maximum Gasteiger partial charge on any atom is 0.0324 e. The lowest BCUT2D eigenvalue weighted by molar-refractivity contribution is 0.156. The van der Waals surface area contributed by atoms with Crippen LogP contribution in [0.1, 0.15) is 44.9 Å². The Morgan fingerprint density at radius 1 is 0.769 bits per heavy atom. The minimum atomic E-state index is 0. The molecule has 1 saturated carbocycles. The van der Waals surface area contributed by atoms with E-state index in [4.69, 9.17) is 0 Å². The molecule has 0 unspecified atom stereocenters. The van der Waals surface area contributed by atoms with Crippen molar-refractivity contribution in [2.45, 2.75) is 50.5 Å². The molecule has 0 bridgehead atoms. The Kier molecular flexibility index (Phi) is 6.31. The van der Waals surface area contributed by atoms with E-state index in [2.05, 4.69) is 10.9 Å². The van der Waals surface area contributed by atoms with Crippen molar-refractivity contribution in [1.29, 1.82) is 0 Å². The van der Waals surface area contributed by atoms with Crippen LogP contribution in [0.3, 0.4) is 0 Å². The second-order valence-corrected chi connectivity index (χ2v) is 4.00. The number of halogens is 2. The third-order valence-corrected chi connectivity index (χ3v) is 3.12. The van der Waals surface area contributed by atoms with Crippen LogP contribution < -0.4 is 10.9 Å². The van der Waals surface area contributed by atoms with Crippen molar-refractivity contribution in [2.24, 2.45) is 0 Å². The zero-order valence-electron chi connectivity index (χ0n) is 7.97. The molecule has 2 nitrogen and oxygen atoms in total. The SMILES string of the molecule is C1CCC2(CC1)CCCNN2.Cl.Cl. The van der Waals surface area contributed by atoms with Crippen LogP contribution >= 0.6 is 24.8 Å². The van der Waals surface area contributed by atoms with Crippen LogP contribution in [0.25, 0.3) is 0 Å². The van der Waals surface area contributed by atoms with E-state index in [1.54, 1.807) is 0 Å². The van der Waals surface area contributed by atoms with Crippen LogP contribution in [0.5, 0.6) is 0 Å². The monoisotopic (exact) mass is 226 g/mol. The molecule has 1 aliphatic heterocycles. The summed E-state index contributed by atoms with van der Waals surface area (Å²) in [5.41, 5.74) is 7.28. The van der Waals surface area contributed by atoms with Gasteiger partial charge in [-0.2, -0.15) is 0 Å². The van der Waals surface area contributed by atoms with Crippen molar-refractivity contribution in [3.05, 3.63) is 0 Å². The molecule has 0 amide bonds. The van der Waals surface area contributed by atoms with E-state index in [1.165, 1.54) is 44.9 Å². The highest BCUT2D eigenvalue weighted by Crippen LogP contribution is 2.32. The first kappa shape index (κ1) is 13.5. The predicted octanol–water partition coefficient (Wildman–Crippen LogP) is 2.42. The Balaban J connectivity index is 0.000000720. The molecular weight excluding hydrogens is 207 g/mol. The standard InChI is InChI=1S/C9H18N2.2ClH/c1-2-5-9(6-3-1)7-4-8-10-11-9;;/h10-11H,1-8H2;2*1H. The molecule has 0 aromatic heterocycles. The number of hydrogen-bond donors (Lipinski definition) is 2. The average molecular weight is 227 g/mol.